The van der Waals surface area contributed by atoms with Gasteiger partial charge in [0.15, 0.2) is 10.9 Å². The third-order valence-corrected chi connectivity index (χ3v) is 3.33. The van der Waals surface area contributed by atoms with Gasteiger partial charge < -0.3 is 10.4 Å². The van der Waals surface area contributed by atoms with E-state index >= 15 is 0 Å². The molecule has 0 aliphatic rings. The van der Waals surface area contributed by atoms with Crippen LogP contribution < -0.4 is 5.32 Å². The van der Waals surface area contributed by atoms with E-state index < -0.39 is 0 Å². The Morgan fingerprint density at radius 2 is 2.16 bits per heavy atom. The Hall–Kier alpha value is -0.850. The molecule has 7 heteroatoms. The number of aliphatic hydroxyl groups excluding tert-OH is 1. The van der Waals surface area contributed by atoms with Crippen molar-refractivity contribution in [2.24, 2.45) is 0 Å². The van der Waals surface area contributed by atoms with Crippen molar-refractivity contribution in [2.75, 3.05) is 19.4 Å². The number of nitrogens with one attached hydrogen (secondary N) is 1. The summed E-state index contributed by atoms with van der Waals surface area (Å²) < 4.78 is 0. The van der Waals surface area contributed by atoms with Crippen LogP contribution in [0.15, 0.2) is 11.4 Å². The first kappa shape index (κ1) is 16.2. The molecule has 0 unspecified atom stereocenters. The van der Waals surface area contributed by atoms with Gasteiger partial charge in [0.1, 0.15) is 0 Å². The summed E-state index contributed by atoms with van der Waals surface area (Å²) in [7, 11) is 0. The molecule has 1 rings (SSSR count). The van der Waals surface area contributed by atoms with E-state index in [1.165, 1.54) is 18.0 Å². The van der Waals surface area contributed by atoms with Crippen LogP contribution in [0.25, 0.3) is 0 Å². The molecule has 19 heavy (non-hydrogen) atoms. The second-order valence-electron chi connectivity index (χ2n) is 3.95. The Morgan fingerprint density at radius 3 is 2.84 bits per heavy atom. The molecule has 0 saturated heterocycles. The molecule has 0 bridgehead atoms. The van der Waals surface area contributed by atoms with Gasteiger partial charge in [-0.2, -0.15) is 0 Å². The van der Waals surface area contributed by atoms with Gasteiger partial charge in [0, 0.05) is 13.2 Å². The summed E-state index contributed by atoms with van der Waals surface area (Å²) in [4.78, 5) is 20.0. The molecule has 1 amide bonds. The van der Waals surface area contributed by atoms with Crippen LogP contribution in [-0.4, -0.2) is 40.4 Å². The van der Waals surface area contributed by atoms with Gasteiger partial charge in [-0.1, -0.05) is 36.2 Å². The normalized spacial score (nSPS) is 10.5. The predicted molar refractivity (Wildman–Crippen MR) is 76.7 cm³/mol. The van der Waals surface area contributed by atoms with Crippen molar-refractivity contribution in [3.05, 3.63) is 16.9 Å². The lowest BCUT2D eigenvalue weighted by atomic mass is 10.2. The summed E-state index contributed by atoms with van der Waals surface area (Å²) in [6, 6.07) is 0. The minimum atomic E-state index is -0.273. The van der Waals surface area contributed by atoms with E-state index in [4.69, 9.17) is 16.7 Å². The number of carbonyl (C=O) groups is 1. The Balaban J connectivity index is 2.40. The highest BCUT2D eigenvalue weighted by Crippen LogP contribution is 2.16. The number of rotatable bonds is 8. The van der Waals surface area contributed by atoms with Crippen LogP contribution in [0.4, 0.5) is 0 Å². The highest BCUT2D eigenvalue weighted by molar-refractivity contribution is 7.98. The summed E-state index contributed by atoms with van der Waals surface area (Å²) in [6.07, 6.45) is 6.92. The molecular weight excluding hydrogens is 286 g/mol. The minimum Gasteiger partial charge on any atom is -0.396 e. The van der Waals surface area contributed by atoms with Gasteiger partial charge in [0.25, 0.3) is 5.91 Å². The first-order valence-electron chi connectivity index (χ1n) is 6.14. The molecule has 1 aromatic heterocycles. The van der Waals surface area contributed by atoms with E-state index in [-0.39, 0.29) is 23.2 Å². The van der Waals surface area contributed by atoms with Crippen LogP contribution in [0.5, 0.6) is 0 Å². The zero-order chi connectivity index (χ0) is 14.1. The standard InChI is InChI=1S/C12H18ClN3O2S/c1-19-12-15-8-9(13)10(16-12)11(18)14-6-4-2-3-5-7-17/h8,17H,2-7H2,1H3,(H,14,18). The lowest BCUT2D eigenvalue weighted by Gasteiger charge is -2.06. The number of thioether (sulfide) groups is 1. The molecule has 2 N–H and O–H groups in total. The molecule has 106 valence electrons. The third kappa shape index (κ3) is 5.76. The number of carbonyl (C=O) groups excluding carboxylic acids is 1. The molecule has 0 aromatic carbocycles. The van der Waals surface area contributed by atoms with E-state index in [2.05, 4.69) is 15.3 Å². The van der Waals surface area contributed by atoms with Gasteiger partial charge in [-0.15, -0.1) is 0 Å². The summed E-state index contributed by atoms with van der Waals surface area (Å²) in [6.45, 7) is 0.805. The first-order valence-corrected chi connectivity index (χ1v) is 7.75. The second-order valence-corrected chi connectivity index (χ2v) is 5.13. The maximum atomic E-state index is 11.9. The summed E-state index contributed by atoms with van der Waals surface area (Å²) >= 11 is 7.27. The quantitative estimate of drug-likeness (QED) is 0.437. The van der Waals surface area contributed by atoms with Gasteiger partial charge in [-0.25, -0.2) is 9.97 Å². The van der Waals surface area contributed by atoms with Crippen molar-refractivity contribution < 1.29 is 9.90 Å². The van der Waals surface area contributed by atoms with Crippen molar-refractivity contribution in [1.29, 1.82) is 0 Å². The fraction of sp³-hybridized carbons (Fsp3) is 0.583. The number of halogens is 1. The zero-order valence-electron chi connectivity index (χ0n) is 10.9. The fourth-order valence-corrected chi connectivity index (χ4v) is 2.00. The van der Waals surface area contributed by atoms with Gasteiger partial charge in [-0.05, 0) is 19.1 Å². The molecule has 1 heterocycles. The van der Waals surface area contributed by atoms with Crippen molar-refractivity contribution in [3.8, 4) is 0 Å². The zero-order valence-corrected chi connectivity index (χ0v) is 12.4. The molecule has 0 aliphatic heterocycles. The highest BCUT2D eigenvalue weighted by atomic mass is 35.5. The van der Waals surface area contributed by atoms with Gasteiger partial charge >= 0.3 is 0 Å². The van der Waals surface area contributed by atoms with Crippen LogP contribution in [0.1, 0.15) is 36.2 Å². The minimum absolute atomic E-state index is 0.219. The Labute approximate surface area is 122 Å². The van der Waals surface area contributed by atoms with Gasteiger partial charge in [-0.3, -0.25) is 4.79 Å². The topological polar surface area (TPSA) is 75.1 Å². The lowest BCUT2D eigenvalue weighted by Crippen LogP contribution is -2.26. The first-order chi connectivity index (χ1) is 9.19. The van der Waals surface area contributed by atoms with Crippen LogP contribution in [0, 0.1) is 0 Å². The molecule has 0 radical (unpaired) electrons. The third-order valence-electron chi connectivity index (χ3n) is 2.49. The van der Waals surface area contributed by atoms with Crippen molar-refractivity contribution in [3.63, 3.8) is 0 Å². The monoisotopic (exact) mass is 303 g/mol. The fourth-order valence-electron chi connectivity index (χ4n) is 1.48. The average Bonchev–Trinajstić information content (AvgIpc) is 2.43. The Kier molecular flexibility index (Phi) is 7.78. The number of aliphatic hydroxyl groups is 1. The Bertz CT molecular complexity index is 418. The van der Waals surface area contributed by atoms with Crippen LogP contribution in [0.2, 0.25) is 5.02 Å². The largest absolute Gasteiger partial charge is 0.396 e. The number of amides is 1. The van der Waals surface area contributed by atoms with Crippen molar-refractivity contribution >= 4 is 29.3 Å². The smallest absolute Gasteiger partial charge is 0.271 e. The molecule has 0 saturated carbocycles. The van der Waals surface area contributed by atoms with Gasteiger partial charge in [0.05, 0.1) is 11.2 Å². The predicted octanol–water partition coefficient (Wildman–Crippen LogP) is 2.13. The molecule has 0 spiro atoms. The molecule has 0 aliphatic carbocycles. The number of hydrogen-bond acceptors (Lipinski definition) is 5. The SMILES string of the molecule is CSc1ncc(Cl)c(C(=O)NCCCCCCO)n1. The number of aromatic nitrogens is 2. The van der Waals surface area contributed by atoms with E-state index in [1.807, 2.05) is 6.26 Å². The van der Waals surface area contributed by atoms with Crippen molar-refractivity contribution in [2.45, 2.75) is 30.8 Å². The molecule has 0 fully saturated rings. The van der Waals surface area contributed by atoms with Crippen LogP contribution in [-0.2, 0) is 0 Å². The van der Waals surface area contributed by atoms with E-state index in [1.54, 1.807) is 0 Å². The summed E-state index contributed by atoms with van der Waals surface area (Å²) in [5, 5.41) is 12.2. The molecule has 1 aromatic rings. The molecule has 5 nitrogen and oxygen atoms in total. The van der Waals surface area contributed by atoms with Gasteiger partial charge in [0.2, 0.25) is 0 Å². The summed E-state index contributed by atoms with van der Waals surface area (Å²) in [5.74, 6) is -0.273. The summed E-state index contributed by atoms with van der Waals surface area (Å²) in [5.41, 5.74) is 0.219. The average molecular weight is 304 g/mol. The molecule has 0 atom stereocenters. The number of hydrogen-bond donors (Lipinski definition) is 2. The van der Waals surface area contributed by atoms with Crippen LogP contribution >= 0.6 is 23.4 Å². The Morgan fingerprint density at radius 1 is 1.42 bits per heavy atom. The maximum Gasteiger partial charge on any atom is 0.271 e. The van der Waals surface area contributed by atoms with E-state index in [0.29, 0.717) is 11.7 Å². The lowest BCUT2D eigenvalue weighted by molar-refractivity contribution is 0.0947. The molecular formula is C12H18ClN3O2S. The van der Waals surface area contributed by atoms with E-state index in [0.717, 1.165) is 25.7 Å². The highest BCUT2D eigenvalue weighted by Gasteiger charge is 2.13. The number of unbranched alkanes of at least 4 members (excludes halogenated alkanes) is 3. The maximum absolute atomic E-state index is 11.9. The van der Waals surface area contributed by atoms with Crippen LogP contribution in [0.3, 0.4) is 0 Å². The second kappa shape index (κ2) is 9.12. The van der Waals surface area contributed by atoms with Crippen molar-refractivity contribution in [1.82, 2.24) is 15.3 Å². The number of nitrogens with zero attached hydrogens (tertiary/aromatic N) is 2. The van der Waals surface area contributed by atoms with E-state index in [9.17, 15) is 4.79 Å².